The lowest BCUT2D eigenvalue weighted by molar-refractivity contribution is -0.140. The number of benzene rings is 2. The topological polar surface area (TPSA) is 145 Å². The summed E-state index contributed by atoms with van der Waals surface area (Å²) in [5, 5.41) is 47.7. The van der Waals surface area contributed by atoms with Gasteiger partial charge in [-0.05, 0) is 35.4 Å². The summed E-state index contributed by atoms with van der Waals surface area (Å²) < 4.78 is 5.64. The highest BCUT2D eigenvalue weighted by atomic mass is 16.5. The molecule has 0 fully saturated rings. The molecule has 0 saturated heterocycles. The molecule has 1 aliphatic heterocycles. The maximum atomic E-state index is 11.9. The van der Waals surface area contributed by atoms with Crippen LogP contribution >= 0.6 is 0 Å². The molecule has 0 aliphatic carbocycles. The van der Waals surface area contributed by atoms with E-state index in [2.05, 4.69) is 0 Å². The molecule has 5 N–H and O–H groups in total. The number of aromatic hydroxyl groups is 3. The van der Waals surface area contributed by atoms with Gasteiger partial charge in [-0.2, -0.15) is 0 Å². The standard InChI is InChI=1S/C18H14O8/c19-10-4-2-9(7-12(10)21)16-15(18(24)25)14-8(3-6-13(22)23)1-5-11(20)17(14)26-16/h1-7,15-16,19-21H,(H,22,23)(H,24,25)/b6-3+. The minimum Gasteiger partial charge on any atom is -0.504 e. The van der Waals surface area contributed by atoms with Crippen molar-refractivity contribution in [1.82, 2.24) is 0 Å². The number of carboxylic acids is 2. The van der Waals surface area contributed by atoms with E-state index in [-0.39, 0.29) is 33.9 Å². The van der Waals surface area contributed by atoms with Crippen LogP contribution in [0.5, 0.6) is 23.0 Å². The summed E-state index contributed by atoms with van der Waals surface area (Å²) in [6.07, 6.45) is 0.987. The lowest BCUT2D eigenvalue weighted by atomic mass is 9.88. The molecular weight excluding hydrogens is 344 g/mol. The van der Waals surface area contributed by atoms with Crippen molar-refractivity contribution in [2.75, 3.05) is 0 Å². The molecule has 0 bridgehead atoms. The molecule has 8 nitrogen and oxygen atoms in total. The molecule has 1 heterocycles. The van der Waals surface area contributed by atoms with Gasteiger partial charge in [-0.25, -0.2) is 4.79 Å². The van der Waals surface area contributed by atoms with Gasteiger partial charge in [0.25, 0.3) is 0 Å². The van der Waals surface area contributed by atoms with Crippen molar-refractivity contribution in [2.45, 2.75) is 12.0 Å². The molecular formula is C18H14O8. The van der Waals surface area contributed by atoms with E-state index in [1.54, 1.807) is 0 Å². The Morgan fingerprint density at radius 2 is 1.65 bits per heavy atom. The first kappa shape index (κ1) is 17.2. The summed E-state index contributed by atoms with van der Waals surface area (Å²) in [6.45, 7) is 0. The second kappa shape index (κ2) is 6.32. The van der Waals surface area contributed by atoms with Gasteiger partial charge in [-0.3, -0.25) is 4.79 Å². The highest BCUT2D eigenvalue weighted by Gasteiger charge is 2.43. The molecule has 0 spiro atoms. The number of ether oxygens (including phenoxy) is 1. The third kappa shape index (κ3) is 2.88. The second-order valence-electron chi connectivity index (χ2n) is 5.69. The molecule has 8 heteroatoms. The van der Waals surface area contributed by atoms with E-state index in [1.165, 1.54) is 36.4 Å². The van der Waals surface area contributed by atoms with Crippen LogP contribution in [0.15, 0.2) is 36.4 Å². The van der Waals surface area contributed by atoms with Crippen molar-refractivity contribution >= 4 is 18.0 Å². The second-order valence-corrected chi connectivity index (χ2v) is 5.69. The van der Waals surface area contributed by atoms with E-state index >= 15 is 0 Å². The van der Waals surface area contributed by atoms with Crippen LogP contribution in [-0.4, -0.2) is 37.5 Å². The van der Waals surface area contributed by atoms with E-state index in [4.69, 9.17) is 9.84 Å². The fraction of sp³-hybridized carbons (Fsp3) is 0.111. The average molecular weight is 358 g/mol. The van der Waals surface area contributed by atoms with E-state index in [9.17, 15) is 30.0 Å². The first-order valence-corrected chi connectivity index (χ1v) is 7.47. The lowest BCUT2D eigenvalue weighted by Crippen LogP contribution is -2.18. The molecule has 0 amide bonds. The Kier molecular flexibility index (Phi) is 4.17. The number of phenolic OH excluding ortho intramolecular Hbond substituents is 3. The van der Waals surface area contributed by atoms with Crippen LogP contribution in [0.25, 0.3) is 6.08 Å². The maximum Gasteiger partial charge on any atom is 0.328 e. The fourth-order valence-electron chi connectivity index (χ4n) is 2.93. The van der Waals surface area contributed by atoms with Crippen LogP contribution in [-0.2, 0) is 9.59 Å². The maximum absolute atomic E-state index is 11.9. The molecule has 0 radical (unpaired) electrons. The zero-order valence-corrected chi connectivity index (χ0v) is 13.2. The molecule has 0 aromatic heterocycles. The van der Waals surface area contributed by atoms with Gasteiger partial charge in [0, 0.05) is 11.6 Å². The van der Waals surface area contributed by atoms with Crippen LogP contribution < -0.4 is 4.74 Å². The molecule has 26 heavy (non-hydrogen) atoms. The van der Waals surface area contributed by atoms with Crippen LogP contribution in [0.2, 0.25) is 0 Å². The Morgan fingerprint density at radius 1 is 0.962 bits per heavy atom. The van der Waals surface area contributed by atoms with Gasteiger partial charge < -0.3 is 30.3 Å². The minimum atomic E-state index is -1.26. The number of hydrogen-bond donors (Lipinski definition) is 5. The summed E-state index contributed by atoms with van der Waals surface area (Å²) in [5.74, 6) is -4.89. The predicted octanol–water partition coefficient (Wildman–Crippen LogP) is 2.20. The SMILES string of the molecule is O=C(O)/C=C/c1ccc(O)c2c1C(C(=O)O)C(c1ccc(O)c(O)c1)O2. The van der Waals surface area contributed by atoms with Crippen LogP contribution in [0.4, 0.5) is 0 Å². The van der Waals surface area contributed by atoms with Crippen molar-refractivity contribution in [3.63, 3.8) is 0 Å². The molecule has 2 unspecified atom stereocenters. The van der Waals surface area contributed by atoms with Gasteiger partial charge in [0.05, 0.1) is 0 Å². The molecule has 2 aromatic carbocycles. The van der Waals surface area contributed by atoms with E-state index < -0.39 is 29.7 Å². The zero-order chi connectivity index (χ0) is 19.0. The van der Waals surface area contributed by atoms with Gasteiger partial charge in [0.1, 0.15) is 12.0 Å². The average Bonchev–Trinajstić information content (AvgIpc) is 2.98. The Hall–Kier alpha value is -3.68. The molecule has 1 aliphatic rings. The van der Waals surface area contributed by atoms with Crippen molar-refractivity contribution in [3.05, 3.63) is 53.1 Å². The highest BCUT2D eigenvalue weighted by molar-refractivity contribution is 5.88. The quantitative estimate of drug-likeness (QED) is 0.413. The highest BCUT2D eigenvalue weighted by Crippen LogP contribution is 2.52. The van der Waals surface area contributed by atoms with E-state index in [0.717, 1.165) is 6.08 Å². The first-order valence-electron chi connectivity index (χ1n) is 7.47. The minimum absolute atomic E-state index is 0.0671. The monoisotopic (exact) mass is 358 g/mol. The smallest absolute Gasteiger partial charge is 0.328 e. The fourth-order valence-corrected chi connectivity index (χ4v) is 2.93. The first-order chi connectivity index (χ1) is 12.3. The summed E-state index contributed by atoms with van der Waals surface area (Å²) in [6, 6.07) is 6.43. The Morgan fingerprint density at radius 3 is 2.27 bits per heavy atom. The Balaban J connectivity index is 2.15. The van der Waals surface area contributed by atoms with Crippen molar-refractivity contribution in [1.29, 1.82) is 0 Å². The number of carboxylic acid groups (broad SMARTS) is 2. The number of aliphatic carboxylic acids is 2. The van der Waals surface area contributed by atoms with Gasteiger partial charge in [0.15, 0.2) is 23.0 Å². The number of carbonyl (C=O) groups is 2. The lowest BCUT2D eigenvalue weighted by Gasteiger charge is -2.17. The molecule has 2 atom stereocenters. The third-order valence-electron chi connectivity index (χ3n) is 4.07. The van der Waals surface area contributed by atoms with Crippen molar-refractivity contribution < 1.29 is 39.9 Å². The van der Waals surface area contributed by atoms with Gasteiger partial charge >= 0.3 is 11.9 Å². The van der Waals surface area contributed by atoms with Crippen molar-refractivity contribution in [3.8, 4) is 23.0 Å². The summed E-state index contributed by atoms with van der Waals surface area (Å²) >= 11 is 0. The normalized spacial score (nSPS) is 18.5. The van der Waals surface area contributed by atoms with Crippen LogP contribution in [0.1, 0.15) is 28.7 Å². The largest absolute Gasteiger partial charge is 0.504 e. The van der Waals surface area contributed by atoms with Gasteiger partial charge in [-0.15, -0.1) is 0 Å². The Labute approximate surface area is 146 Å². The molecule has 134 valence electrons. The van der Waals surface area contributed by atoms with E-state index in [0.29, 0.717) is 0 Å². The predicted molar refractivity (Wildman–Crippen MR) is 88.3 cm³/mol. The van der Waals surface area contributed by atoms with Gasteiger partial charge in [-0.1, -0.05) is 12.1 Å². The summed E-state index contributed by atoms with van der Waals surface area (Å²) in [4.78, 5) is 22.7. The van der Waals surface area contributed by atoms with Crippen molar-refractivity contribution in [2.24, 2.45) is 0 Å². The number of rotatable bonds is 4. The third-order valence-corrected chi connectivity index (χ3v) is 4.07. The van der Waals surface area contributed by atoms with Gasteiger partial charge in [0.2, 0.25) is 0 Å². The number of fused-ring (bicyclic) bond motifs is 1. The molecule has 2 aromatic rings. The number of phenols is 3. The zero-order valence-electron chi connectivity index (χ0n) is 13.2. The van der Waals surface area contributed by atoms with Crippen LogP contribution in [0, 0.1) is 0 Å². The molecule has 3 rings (SSSR count). The van der Waals surface area contributed by atoms with Crippen LogP contribution in [0.3, 0.4) is 0 Å². The summed E-state index contributed by atoms with van der Waals surface area (Å²) in [5.41, 5.74) is 0.683. The number of hydrogen-bond acceptors (Lipinski definition) is 6. The van der Waals surface area contributed by atoms with E-state index in [1.807, 2.05) is 0 Å². The molecule has 0 saturated carbocycles. The summed E-state index contributed by atoms with van der Waals surface area (Å²) in [7, 11) is 0. The Bertz CT molecular complexity index is 931.